The summed E-state index contributed by atoms with van der Waals surface area (Å²) < 4.78 is 15.1. The van der Waals surface area contributed by atoms with Crippen molar-refractivity contribution < 1.29 is 23.8 Å². The van der Waals surface area contributed by atoms with Crippen LogP contribution in [0.25, 0.3) is 0 Å². The lowest BCUT2D eigenvalue weighted by molar-refractivity contribution is -0.139. The first-order valence-corrected chi connectivity index (χ1v) is 7.76. The van der Waals surface area contributed by atoms with Gasteiger partial charge in [-0.2, -0.15) is 0 Å². The van der Waals surface area contributed by atoms with Crippen LogP contribution in [0.5, 0.6) is 5.75 Å². The fourth-order valence-electron chi connectivity index (χ4n) is 2.30. The highest BCUT2D eigenvalue weighted by atomic mass is 16.5. The molecular formula is C18H25NO5. The maximum absolute atomic E-state index is 12.2. The molecule has 0 spiro atoms. The van der Waals surface area contributed by atoms with Crippen molar-refractivity contribution in [3.63, 3.8) is 0 Å². The summed E-state index contributed by atoms with van der Waals surface area (Å²) >= 11 is 0. The summed E-state index contributed by atoms with van der Waals surface area (Å²) in [5.74, 6) is -0.524. The van der Waals surface area contributed by atoms with Crippen LogP contribution in [0.1, 0.15) is 19.4 Å². The molecule has 2 N–H and O–H groups in total. The van der Waals surface area contributed by atoms with Crippen LogP contribution in [0.15, 0.2) is 35.4 Å². The maximum Gasteiger partial charge on any atom is 0.334 e. The number of ether oxygens (including phenoxy) is 3. The highest BCUT2D eigenvalue weighted by molar-refractivity contribution is 6.00. The molecule has 0 radical (unpaired) electrons. The Bertz CT molecular complexity index is 590. The number of hydrogen-bond donors (Lipinski definition) is 1. The smallest absolute Gasteiger partial charge is 0.334 e. The first-order valence-electron chi connectivity index (χ1n) is 7.76. The number of rotatable bonds is 8. The molecule has 0 aliphatic rings. The molecule has 0 aliphatic heterocycles. The fourth-order valence-corrected chi connectivity index (χ4v) is 2.30. The van der Waals surface area contributed by atoms with Crippen LogP contribution in [0.3, 0.4) is 0 Å². The molecule has 0 atom stereocenters. The van der Waals surface area contributed by atoms with Crippen LogP contribution in [-0.2, 0) is 25.5 Å². The Morgan fingerprint density at radius 2 is 1.62 bits per heavy atom. The van der Waals surface area contributed by atoms with Gasteiger partial charge in [0.05, 0.1) is 25.4 Å². The Morgan fingerprint density at radius 1 is 1.04 bits per heavy atom. The van der Waals surface area contributed by atoms with Crippen molar-refractivity contribution >= 4 is 11.9 Å². The van der Waals surface area contributed by atoms with Crippen molar-refractivity contribution in [1.82, 2.24) is 0 Å². The largest absolute Gasteiger partial charge is 0.492 e. The molecule has 0 aliphatic carbocycles. The Kier molecular flexibility index (Phi) is 7.98. The minimum absolute atomic E-state index is 0.168. The first-order chi connectivity index (χ1) is 11.4. The van der Waals surface area contributed by atoms with Gasteiger partial charge in [-0.05, 0) is 23.6 Å². The van der Waals surface area contributed by atoms with Crippen molar-refractivity contribution in [3.8, 4) is 5.75 Å². The third-order valence-electron chi connectivity index (χ3n) is 3.43. The van der Waals surface area contributed by atoms with Gasteiger partial charge in [0.2, 0.25) is 0 Å². The van der Waals surface area contributed by atoms with E-state index in [-0.39, 0.29) is 12.3 Å². The summed E-state index contributed by atoms with van der Waals surface area (Å²) in [5, 5.41) is 0. The molecule has 132 valence electrons. The number of hydrogen-bond acceptors (Lipinski definition) is 6. The average molecular weight is 335 g/mol. The zero-order valence-corrected chi connectivity index (χ0v) is 14.6. The van der Waals surface area contributed by atoms with Crippen molar-refractivity contribution in [3.05, 3.63) is 41.0 Å². The van der Waals surface area contributed by atoms with Crippen molar-refractivity contribution in [2.24, 2.45) is 11.7 Å². The SMILES string of the molecule is COC(=O)/C(Cc1ccc(OCCN)cc1)=C(\C(=O)OC)C(C)C. The van der Waals surface area contributed by atoms with Gasteiger partial charge in [-0.3, -0.25) is 0 Å². The second-order valence-electron chi connectivity index (χ2n) is 5.49. The van der Waals surface area contributed by atoms with E-state index in [1.54, 1.807) is 12.1 Å². The third kappa shape index (κ3) is 5.38. The van der Waals surface area contributed by atoms with Crippen molar-refractivity contribution in [2.75, 3.05) is 27.4 Å². The number of carbonyl (C=O) groups excluding carboxylic acids is 2. The van der Waals surface area contributed by atoms with E-state index in [2.05, 4.69) is 0 Å². The highest BCUT2D eigenvalue weighted by Gasteiger charge is 2.25. The molecule has 0 heterocycles. The van der Waals surface area contributed by atoms with E-state index in [0.29, 0.717) is 30.0 Å². The quantitative estimate of drug-likeness (QED) is 0.576. The summed E-state index contributed by atoms with van der Waals surface area (Å²) in [6, 6.07) is 7.27. The number of methoxy groups -OCH3 is 2. The molecular weight excluding hydrogens is 310 g/mol. The maximum atomic E-state index is 12.2. The number of nitrogens with two attached hydrogens (primary N) is 1. The molecule has 0 saturated heterocycles. The van der Waals surface area contributed by atoms with E-state index in [1.165, 1.54) is 14.2 Å². The van der Waals surface area contributed by atoms with E-state index >= 15 is 0 Å². The van der Waals surface area contributed by atoms with E-state index in [0.717, 1.165) is 5.56 Å². The normalized spacial score (nSPS) is 11.8. The third-order valence-corrected chi connectivity index (χ3v) is 3.43. The minimum atomic E-state index is -0.535. The molecule has 0 amide bonds. The lowest BCUT2D eigenvalue weighted by Crippen LogP contribution is -2.20. The lowest BCUT2D eigenvalue weighted by Gasteiger charge is -2.15. The summed E-state index contributed by atoms with van der Waals surface area (Å²) in [4.78, 5) is 24.2. The van der Waals surface area contributed by atoms with Gasteiger partial charge in [-0.15, -0.1) is 0 Å². The summed E-state index contributed by atoms with van der Waals surface area (Å²) in [6.07, 6.45) is 0.270. The Balaban J connectivity index is 3.14. The van der Waals surface area contributed by atoms with Crippen LogP contribution in [-0.4, -0.2) is 39.3 Å². The van der Waals surface area contributed by atoms with E-state index in [9.17, 15) is 9.59 Å². The van der Waals surface area contributed by atoms with Crippen LogP contribution < -0.4 is 10.5 Å². The van der Waals surface area contributed by atoms with Gasteiger partial charge in [-0.1, -0.05) is 26.0 Å². The van der Waals surface area contributed by atoms with Gasteiger partial charge in [0.25, 0.3) is 0 Å². The number of benzene rings is 1. The zero-order chi connectivity index (χ0) is 18.1. The molecule has 0 saturated carbocycles. The molecule has 0 fully saturated rings. The van der Waals surface area contributed by atoms with Crippen LogP contribution in [0, 0.1) is 5.92 Å². The predicted octanol–water partition coefficient (Wildman–Crippen LogP) is 1.87. The molecule has 1 aromatic rings. The van der Waals surface area contributed by atoms with Gasteiger partial charge < -0.3 is 19.9 Å². The Morgan fingerprint density at radius 3 is 2.08 bits per heavy atom. The van der Waals surface area contributed by atoms with Crippen molar-refractivity contribution in [1.29, 1.82) is 0 Å². The Labute approximate surface area is 142 Å². The molecule has 0 unspecified atom stereocenters. The van der Waals surface area contributed by atoms with Crippen LogP contribution in [0.4, 0.5) is 0 Å². The fraction of sp³-hybridized carbons (Fsp3) is 0.444. The topological polar surface area (TPSA) is 87.9 Å². The molecule has 0 aromatic heterocycles. The minimum Gasteiger partial charge on any atom is -0.492 e. The first kappa shape index (κ1) is 19.7. The summed E-state index contributed by atoms with van der Waals surface area (Å²) in [5.41, 5.74) is 6.88. The second-order valence-corrected chi connectivity index (χ2v) is 5.49. The van der Waals surface area contributed by atoms with Gasteiger partial charge in [0.1, 0.15) is 12.4 Å². The molecule has 24 heavy (non-hydrogen) atoms. The van der Waals surface area contributed by atoms with Crippen LogP contribution >= 0.6 is 0 Å². The molecule has 0 bridgehead atoms. The zero-order valence-electron chi connectivity index (χ0n) is 14.6. The highest BCUT2D eigenvalue weighted by Crippen LogP contribution is 2.23. The Hall–Kier alpha value is -2.34. The molecule has 1 rings (SSSR count). The summed E-state index contributed by atoms with van der Waals surface area (Å²) in [6.45, 7) is 4.54. The standard InChI is InChI=1S/C18H25NO5/c1-12(2)16(18(21)23-4)15(17(20)22-3)11-13-5-7-14(8-6-13)24-10-9-19/h5-8,12H,9-11,19H2,1-4H3/b16-15-. The van der Waals surface area contributed by atoms with Crippen LogP contribution in [0.2, 0.25) is 0 Å². The number of carbonyl (C=O) groups is 2. The van der Waals surface area contributed by atoms with E-state index in [1.807, 2.05) is 26.0 Å². The monoisotopic (exact) mass is 335 g/mol. The predicted molar refractivity (Wildman–Crippen MR) is 90.6 cm³/mol. The van der Waals surface area contributed by atoms with Gasteiger partial charge in [-0.25, -0.2) is 9.59 Å². The molecule has 6 nitrogen and oxygen atoms in total. The number of esters is 2. The second kappa shape index (κ2) is 9.72. The van der Waals surface area contributed by atoms with Gasteiger partial charge in [0.15, 0.2) is 0 Å². The molecule has 1 aromatic carbocycles. The average Bonchev–Trinajstić information content (AvgIpc) is 2.59. The van der Waals surface area contributed by atoms with Crippen molar-refractivity contribution in [2.45, 2.75) is 20.3 Å². The lowest BCUT2D eigenvalue weighted by atomic mass is 9.93. The van der Waals surface area contributed by atoms with Gasteiger partial charge >= 0.3 is 11.9 Å². The van der Waals surface area contributed by atoms with Gasteiger partial charge in [0, 0.05) is 13.0 Å². The molecule has 6 heteroatoms. The van der Waals surface area contributed by atoms with E-state index in [4.69, 9.17) is 19.9 Å². The summed E-state index contributed by atoms with van der Waals surface area (Å²) in [7, 11) is 2.59. The van der Waals surface area contributed by atoms with E-state index < -0.39 is 11.9 Å².